The first-order valence-corrected chi connectivity index (χ1v) is 16.9. The summed E-state index contributed by atoms with van der Waals surface area (Å²) < 4.78 is 46.2. The normalized spacial score (nSPS) is 13.4. The number of rotatable bonds is 19. The highest BCUT2D eigenvalue weighted by Crippen LogP contribution is 2.49. The number of pyridine rings is 1. The highest BCUT2D eigenvalue weighted by atomic mass is 32.1. The molecule has 0 aliphatic heterocycles. The number of halogens is 2. The van der Waals surface area contributed by atoms with Crippen molar-refractivity contribution in [1.29, 1.82) is 0 Å². The molecule has 248 valence electrons. The predicted molar refractivity (Wildman–Crippen MR) is 182 cm³/mol. The second kappa shape index (κ2) is 16.2. The number of thiol groups is 1. The zero-order valence-electron chi connectivity index (χ0n) is 26.7. The Morgan fingerprint density at radius 3 is 2.09 bits per heavy atom. The Bertz CT molecular complexity index is 1690. The summed E-state index contributed by atoms with van der Waals surface area (Å²) in [6.07, 6.45) is 10.6. The number of hydrogen-bond acceptors (Lipinski definition) is 7. The zero-order chi connectivity index (χ0) is 33.2. The summed E-state index contributed by atoms with van der Waals surface area (Å²) in [5, 5.41) is 0.631. The van der Waals surface area contributed by atoms with Crippen molar-refractivity contribution in [1.82, 2.24) is 4.98 Å². The first-order valence-electron chi connectivity index (χ1n) is 16.3. The Hall–Kier alpha value is -3.98. The third kappa shape index (κ3) is 8.89. The molecule has 0 spiro atoms. The van der Waals surface area contributed by atoms with Gasteiger partial charge >= 0.3 is 0 Å². The van der Waals surface area contributed by atoms with Crippen LogP contribution in [0, 0.1) is 17.0 Å². The lowest BCUT2D eigenvalue weighted by molar-refractivity contribution is -0.133. The Labute approximate surface area is 280 Å². The standard InChI is InChI=1S/C38H41F2NO5S/c1-44-34-24-29-31(25-35(34)45-19-7-5-3-2-4-6-8-20-47)41-18-15-32(29)46-33-14-11-27(21-30(33)40)23-37(43)38(16-17-38)36(42)22-26-9-12-28(39)13-10-26/h9-15,18,21,24-25,47H,2-8,16-17,19-20,22-23H2,1H3. The molecular formula is C38H41F2NO5S. The number of fused-ring (bicyclic) bond motifs is 1. The maximum absolute atomic E-state index is 15.3. The highest BCUT2D eigenvalue weighted by Gasteiger charge is 2.54. The molecule has 1 aromatic heterocycles. The van der Waals surface area contributed by atoms with Crippen molar-refractivity contribution in [3.63, 3.8) is 0 Å². The summed E-state index contributed by atoms with van der Waals surface area (Å²) >= 11 is 4.26. The van der Waals surface area contributed by atoms with E-state index in [2.05, 4.69) is 17.6 Å². The molecule has 0 unspecified atom stereocenters. The van der Waals surface area contributed by atoms with E-state index in [0.29, 0.717) is 58.7 Å². The van der Waals surface area contributed by atoms with Gasteiger partial charge in [-0.3, -0.25) is 14.6 Å². The molecule has 6 nitrogen and oxygen atoms in total. The molecule has 0 bridgehead atoms. The maximum atomic E-state index is 15.3. The molecule has 4 aromatic rings. The van der Waals surface area contributed by atoms with Gasteiger partial charge in [0, 0.05) is 30.5 Å². The highest BCUT2D eigenvalue weighted by molar-refractivity contribution is 7.80. The number of Topliss-reactive ketones (excluding diaryl/α,β-unsaturated/α-hetero) is 2. The van der Waals surface area contributed by atoms with Crippen molar-refractivity contribution in [2.24, 2.45) is 5.41 Å². The van der Waals surface area contributed by atoms with Crippen molar-refractivity contribution in [2.45, 2.75) is 70.6 Å². The van der Waals surface area contributed by atoms with Crippen LogP contribution in [-0.4, -0.2) is 36.0 Å². The Morgan fingerprint density at radius 1 is 0.766 bits per heavy atom. The lowest BCUT2D eigenvalue weighted by Gasteiger charge is -2.15. The molecule has 0 radical (unpaired) electrons. The van der Waals surface area contributed by atoms with Gasteiger partial charge < -0.3 is 14.2 Å². The molecule has 5 rings (SSSR count). The quantitative estimate of drug-likeness (QED) is 0.0614. The van der Waals surface area contributed by atoms with Gasteiger partial charge in [0.05, 0.1) is 24.6 Å². The molecule has 1 aliphatic carbocycles. The maximum Gasteiger partial charge on any atom is 0.166 e. The number of ketones is 2. The lowest BCUT2D eigenvalue weighted by Crippen LogP contribution is -2.28. The van der Waals surface area contributed by atoms with Gasteiger partial charge in [-0.2, -0.15) is 12.6 Å². The van der Waals surface area contributed by atoms with Crippen LogP contribution in [0.15, 0.2) is 66.9 Å². The van der Waals surface area contributed by atoms with Crippen LogP contribution < -0.4 is 14.2 Å². The molecule has 1 heterocycles. The number of nitrogens with zero attached hydrogens (tertiary/aromatic N) is 1. The first kappa shape index (κ1) is 34.4. The second-order valence-corrected chi connectivity index (χ2v) is 12.6. The number of methoxy groups -OCH3 is 1. The van der Waals surface area contributed by atoms with E-state index in [-0.39, 0.29) is 36.0 Å². The van der Waals surface area contributed by atoms with Gasteiger partial charge in [-0.15, -0.1) is 0 Å². The molecule has 1 aliphatic rings. The number of aromatic nitrogens is 1. The van der Waals surface area contributed by atoms with Crippen molar-refractivity contribution in [3.05, 3.63) is 89.6 Å². The van der Waals surface area contributed by atoms with Crippen LogP contribution in [-0.2, 0) is 22.4 Å². The predicted octanol–water partition coefficient (Wildman–Crippen LogP) is 9.06. The average molecular weight is 662 g/mol. The minimum atomic E-state index is -1.05. The summed E-state index contributed by atoms with van der Waals surface area (Å²) in [7, 11) is 1.57. The molecule has 47 heavy (non-hydrogen) atoms. The van der Waals surface area contributed by atoms with Crippen molar-refractivity contribution < 1.29 is 32.6 Å². The molecule has 0 atom stereocenters. The zero-order valence-corrected chi connectivity index (χ0v) is 27.6. The number of hydrogen-bond donors (Lipinski definition) is 1. The van der Waals surface area contributed by atoms with Gasteiger partial charge in [0.15, 0.2) is 34.6 Å². The molecule has 9 heteroatoms. The van der Waals surface area contributed by atoms with Crippen LogP contribution >= 0.6 is 12.6 Å². The van der Waals surface area contributed by atoms with Crippen LogP contribution in [0.4, 0.5) is 8.78 Å². The SMILES string of the molecule is COc1cc2c(Oc3ccc(CC(=O)C4(C(=O)Cc5ccc(F)cc5)CC4)cc3F)ccnc2cc1OCCCCCCCCCS. The van der Waals surface area contributed by atoms with E-state index in [9.17, 15) is 14.0 Å². The molecule has 1 fully saturated rings. The third-order valence-electron chi connectivity index (χ3n) is 8.72. The summed E-state index contributed by atoms with van der Waals surface area (Å²) in [4.78, 5) is 30.7. The van der Waals surface area contributed by atoms with Crippen molar-refractivity contribution >= 4 is 35.1 Å². The molecule has 1 saturated carbocycles. The van der Waals surface area contributed by atoms with E-state index in [1.807, 2.05) is 0 Å². The van der Waals surface area contributed by atoms with Gasteiger partial charge in [0.1, 0.15) is 11.6 Å². The van der Waals surface area contributed by atoms with Crippen molar-refractivity contribution in [3.8, 4) is 23.0 Å². The fraction of sp³-hybridized carbons (Fsp3) is 0.395. The smallest absolute Gasteiger partial charge is 0.166 e. The molecule has 0 amide bonds. The second-order valence-electron chi connectivity index (χ2n) is 12.2. The number of unbranched alkanes of at least 4 members (excludes halogenated alkanes) is 6. The fourth-order valence-electron chi connectivity index (χ4n) is 5.77. The van der Waals surface area contributed by atoms with Gasteiger partial charge in [0.25, 0.3) is 0 Å². The Kier molecular flexibility index (Phi) is 11.9. The minimum Gasteiger partial charge on any atom is -0.493 e. The van der Waals surface area contributed by atoms with Crippen molar-refractivity contribution in [2.75, 3.05) is 19.5 Å². The van der Waals surface area contributed by atoms with Crippen LogP contribution in [0.3, 0.4) is 0 Å². The number of carbonyl (C=O) groups is 2. The minimum absolute atomic E-state index is 0.00728. The number of carbonyl (C=O) groups excluding carboxylic acids is 2. The third-order valence-corrected chi connectivity index (χ3v) is 9.04. The van der Waals surface area contributed by atoms with Crippen LogP contribution in [0.5, 0.6) is 23.0 Å². The van der Waals surface area contributed by atoms with E-state index in [0.717, 1.165) is 18.6 Å². The van der Waals surface area contributed by atoms with Crippen LogP contribution in [0.25, 0.3) is 10.9 Å². The average Bonchev–Trinajstić information content (AvgIpc) is 3.89. The van der Waals surface area contributed by atoms with E-state index >= 15 is 4.39 Å². The molecule has 0 saturated heterocycles. The Balaban J connectivity index is 1.20. The summed E-state index contributed by atoms with van der Waals surface area (Å²) in [5.74, 6) is 1.02. The first-order chi connectivity index (χ1) is 22.8. The monoisotopic (exact) mass is 661 g/mol. The topological polar surface area (TPSA) is 74.7 Å². The molecule has 0 N–H and O–H groups in total. The Morgan fingerprint density at radius 2 is 1.43 bits per heavy atom. The van der Waals surface area contributed by atoms with Gasteiger partial charge in [-0.05, 0) is 79.0 Å². The summed E-state index contributed by atoms with van der Waals surface area (Å²) in [6, 6.07) is 15.3. The van der Waals surface area contributed by atoms with E-state index in [4.69, 9.17) is 14.2 Å². The largest absolute Gasteiger partial charge is 0.493 e. The van der Waals surface area contributed by atoms with E-state index < -0.39 is 11.2 Å². The molecule has 3 aromatic carbocycles. The van der Waals surface area contributed by atoms with Crippen LogP contribution in [0.2, 0.25) is 0 Å². The van der Waals surface area contributed by atoms with Gasteiger partial charge in [0.2, 0.25) is 0 Å². The van der Waals surface area contributed by atoms with Crippen LogP contribution in [0.1, 0.15) is 68.9 Å². The van der Waals surface area contributed by atoms with E-state index in [1.54, 1.807) is 49.7 Å². The lowest BCUT2D eigenvalue weighted by atomic mass is 9.88. The summed E-state index contributed by atoms with van der Waals surface area (Å²) in [6.45, 7) is 0.568. The number of ether oxygens (including phenoxy) is 3. The summed E-state index contributed by atoms with van der Waals surface area (Å²) in [5.41, 5.74) is 0.677. The molecular weight excluding hydrogens is 620 g/mol. The van der Waals surface area contributed by atoms with Gasteiger partial charge in [-0.25, -0.2) is 8.78 Å². The fourth-order valence-corrected chi connectivity index (χ4v) is 6.00. The van der Waals surface area contributed by atoms with Gasteiger partial charge in [-0.1, -0.05) is 50.3 Å². The van der Waals surface area contributed by atoms with E-state index in [1.165, 1.54) is 56.4 Å². The number of benzene rings is 3.